The van der Waals surface area contributed by atoms with Crippen LogP contribution in [0.2, 0.25) is 0 Å². The molecule has 1 saturated heterocycles. The molecule has 0 aromatic heterocycles. The maximum absolute atomic E-state index is 12.3. The lowest BCUT2D eigenvalue weighted by atomic mass is 10.1. The zero-order valence-electron chi connectivity index (χ0n) is 10.1. The van der Waals surface area contributed by atoms with Gasteiger partial charge in [-0.25, -0.2) is 8.42 Å². The van der Waals surface area contributed by atoms with Crippen molar-refractivity contribution in [3.8, 4) is 0 Å². The van der Waals surface area contributed by atoms with Crippen LogP contribution < -0.4 is 5.73 Å². The summed E-state index contributed by atoms with van der Waals surface area (Å²) in [5.41, 5.74) is 6.37. The first-order valence-electron chi connectivity index (χ1n) is 6.01. The lowest BCUT2D eigenvalue weighted by Gasteiger charge is -2.29. The molecule has 3 N–H and O–H groups in total. The molecule has 0 radical (unpaired) electrons. The molecular formula is C12H18N2O3S. The summed E-state index contributed by atoms with van der Waals surface area (Å²) in [6, 6.07) is 6.57. The molecule has 1 aromatic rings. The van der Waals surface area contributed by atoms with E-state index in [1.807, 2.05) is 0 Å². The summed E-state index contributed by atoms with van der Waals surface area (Å²) in [4.78, 5) is 0.258. The highest BCUT2D eigenvalue weighted by Crippen LogP contribution is 2.21. The van der Waals surface area contributed by atoms with Crippen LogP contribution in [0.3, 0.4) is 0 Å². The minimum absolute atomic E-state index is 0.182. The van der Waals surface area contributed by atoms with Gasteiger partial charge in [0.15, 0.2) is 0 Å². The van der Waals surface area contributed by atoms with Crippen LogP contribution in [0, 0.1) is 0 Å². The summed E-state index contributed by atoms with van der Waals surface area (Å²) in [6.45, 7) is 1.04. The van der Waals surface area contributed by atoms with E-state index in [0.29, 0.717) is 25.9 Å². The monoisotopic (exact) mass is 270 g/mol. The van der Waals surface area contributed by atoms with E-state index in [2.05, 4.69) is 0 Å². The number of aliphatic hydroxyl groups is 1. The molecule has 0 aliphatic carbocycles. The van der Waals surface area contributed by atoms with E-state index in [4.69, 9.17) is 5.73 Å². The van der Waals surface area contributed by atoms with Crippen LogP contribution in [0.1, 0.15) is 18.4 Å². The quantitative estimate of drug-likeness (QED) is 0.827. The van der Waals surface area contributed by atoms with E-state index in [-0.39, 0.29) is 11.4 Å². The van der Waals surface area contributed by atoms with E-state index >= 15 is 0 Å². The maximum atomic E-state index is 12.3. The number of benzene rings is 1. The van der Waals surface area contributed by atoms with Gasteiger partial charge < -0.3 is 10.8 Å². The van der Waals surface area contributed by atoms with Gasteiger partial charge in [-0.3, -0.25) is 0 Å². The Labute approximate surface area is 107 Å². The van der Waals surface area contributed by atoms with Crippen molar-refractivity contribution in [3.05, 3.63) is 29.8 Å². The fraction of sp³-hybridized carbons (Fsp3) is 0.500. The molecule has 0 amide bonds. The summed E-state index contributed by atoms with van der Waals surface area (Å²) < 4.78 is 26.0. The molecule has 1 heterocycles. The van der Waals surface area contributed by atoms with Gasteiger partial charge in [0.05, 0.1) is 11.0 Å². The first-order chi connectivity index (χ1) is 8.54. The number of piperidine rings is 1. The van der Waals surface area contributed by atoms with Gasteiger partial charge in [-0.2, -0.15) is 4.31 Å². The zero-order chi connectivity index (χ0) is 13.2. The van der Waals surface area contributed by atoms with Gasteiger partial charge in [-0.15, -0.1) is 0 Å². The molecular weight excluding hydrogens is 252 g/mol. The summed E-state index contributed by atoms with van der Waals surface area (Å²) in [6.07, 6.45) is 0.802. The van der Waals surface area contributed by atoms with Crippen molar-refractivity contribution >= 4 is 10.0 Å². The van der Waals surface area contributed by atoms with Crippen LogP contribution in [0.4, 0.5) is 0 Å². The Morgan fingerprint density at radius 3 is 2.56 bits per heavy atom. The maximum Gasteiger partial charge on any atom is 0.243 e. The Balaban J connectivity index is 2.23. The number of hydrogen-bond acceptors (Lipinski definition) is 4. The number of hydrogen-bond donors (Lipinski definition) is 2. The fourth-order valence-electron chi connectivity index (χ4n) is 2.09. The molecule has 1 aromatic carbocycles. The largest absolute Gasteiger partial charge is 0.392 e. The standard InChI is InChI=1S/C12H18N2O3S/c13-8-10-3-5-12(6-4-10)18(16,17)14-7-1-2-11(15)9-14/h3-6,11,15H,1-2,7-9,13H2/t11-/m0/s1. The summed E-state index contributed by atoms with van der Waals surface area (Å²) >= 11 is 0. The molecule has 0 saturated carbocycles. The van der Waals surface area contributed by atoms with Crippen LogP contribution in [0.15, 0.2) is 29.2 Å². The van der Waals surface area contributed by atoms with Crippen LogP contribution >= 0.6 is 0 Å². The molecule has 2 rings (SSSR count). The Morgan fingerprint density at radius 2 is 2.00 bits per heavy atom. The van der Waals surface area contributed by atoms with Crippen LogP contribution in [-0.4, -0.2) is 37.0 Å². The Hall–Kier alpha value is -0.950. The molecule has 0 spiro atoms. The SMILES string of the molecule is NCc1ccc(S(=O)(=O)N2CCC[C@H](O)C2)cc1. The van der Waals surface area contributed by atoms with E-state index in [1.165, 1.54) is 4.31 Å². The number of nitrogens with two attached hydrogens (primary N) is 1. The van der Waals surface area contributed by atoms with E-state index in [1.54, 1.807) is 24.3 Å². The summed E-state index contributed by atoms with van der Waals surface area (Å²) in [7, 11) is -3.49. The Kier molecular flexibility index (Phi) is 4.01. The van der Waals surface area contributed by atoms with Crippen molar-refractivity contribution in [2.24, 2.45) is 5.73 Å². The molecule has 1 fully saturated rings. The Morgan fingerprint density at radius 1 is 1.33 bits per heavy atom. The molecule has 0 bridgehead atoms. The molecule has 18 heavy (non-hydrogen) atoms. The number of aliphatic hydroxyl groups excluding tert-OH is 1. The third kappa shape index (κ3) is 2.72. The molecule has 100 valence electrons. The van der Waals surface area contributed by atoms with Gasteiger partial charge in [0, 0.05) is 19.6 Å². The smallest absolute Gasteiger partial charge is 0.243 e. The second-order valence-electron chi connectivity index (χ2n) is 4.51. The third-order valence-electron chi connectivity index (χ3n) is 3.16. The third-order valence-corrected chi connectivity index (χ3v) is 5.04. The number of sulfonamides is 1. The van der Waals surface area contributed by atoms with Crippen LogP contribution in [0.25, 0.3) is 0 Å². The van der Waals surface area contributed by atoms with Crippen molar-refractivity contribution < 1.29 is 13.5 Å². The predicted octanol–water partition coefficient (Wildman–Crippen LogP) is 0.291. The van der Waals surface area contributed by atoms with E-state index < -0.39 is 16.1 Å². The predicted molar refractivity (Wildman–Crippen MR) is 68.3 cm³/mol. The first kappa shape index (κ1) is 13.5. The highest BCUT2D eigenvalue weighted by molar-refractivity contribution is 7.89. The number of β-amino-alcohol motifs (C(OH)–C–C–N with tert-alkyl or cyclic N) is 1. The second kappa shape index (κ2) is 5.36. The Bertz CT molecular complexity index is 499. The minimum Gasteiger partial charge on any atom is -0.392 e. The van der Waals surface area contributed by atoms with Gasteiger partial charge in [0.25, 0.3) is 0 Å². The van der Waals surface area contributed by atoms with Crippen molar-refractivity contribution in [2.45, 2.75) is 30.4 Å². The van der Waals surface area contributed by atoms with Crippen molar-refractivity contribution in [1.29, 1.82) is 0 Å². The van der Waals surface area contributed by atoms with Gasteiger partial charge in [0.2, 0.25) is 10.0 Å². The van der Waals surface area contributed by atoms with Crippen LogP contribution in [-0.2, 0) is 16.6 Å². The van der Waals surface area contributed by atoms with Gasteiger partial charge >= 0.3 is 0 Å². The van der Waals surface area contributed by atoms with Crippen molar-refractivity contribution in [3.63, 3.8) is 0 Å². The van der Waals surface area contributed by atoms with Gasteiger partial charge in [-0.1, -0.05) is 12.1 Å². The lowest BCUT2D eigenvalue weighted by molar-refractivity contribution is 0.108. The molecule has 1 aliphatic heterocycles. The molecule has 1 atom stereocenters. The molecule has 1 aliphatic rings. The molecule has 6 heteroatoms. The average Bonchev–Trinajstić information content (AvgIpc) is 2.39. The second-order valence-corrected chi connectivity index (χ2v) is 6.45. The number of nitrogens with zero attached hydrogens (tertiary/aromatic N) is 1. The normalized spacial score (nSPS) is 22.0. The topological polar surface area (TPSA) is 83.6 Å². The van der Waals surface area contributed by atoms with Crippen molar-refractivity contribution in [2.75, 3.05) is 13.1 Å². The van der Waals surface area contributed by atoms with Crippen LogP contribution in [0.5, 0.6) is 0 Å². The average molecular weight is 270 g/mol. The summed E-state index contributed by atoms with van der Waals surface area (Å²) in [5, 5.41) is 9.55. The van der Waals surface area contributed by atoms with E-state index in [0.717, 1.165) is 5.56 Å². The minimum atomic E-state index is -3.49. The molecule has 0 unspecified atom stereocenters. The number of rotatable bonds is 3. The van der Waals surface area contributed by atoms with Crippen molar-refractivity contribution in [1.82, 2.24) is 4.31 Å². The van der Waals surface area contributed by atoms with Gasteiger partial charge in [-0.05, 0) is 30.5 Å². The lowest BCUT2D eigenvalue weighted by Crippen LogP contribution is -2.42. The van der Waals surface area contributed by atoms with Gasteiger partial charge in [0.1, 0.15) is 0 Å². The summed E-state index contributed by atoms with van der Waals surface area (Å²) in [5.74, 6) is 0. The van der Waals surface area contributed by atoms with E-state index in [9.17, 15) is 13.5 Å². The first-order valence-corrected chi connectivity index (χ1v) is 7.45. The molecule has 5 nitrogen and oxygen atoms in total. The highest BCUT2D eigenvalue weighted by atomic mass is 32.2. The zero-order valence-corrected chi connectivity index (χ0v) is 10.9. The fourth-order valence-corrected chi connectivity index (χ4v) is 3.60. The highest BCUT2D eigenvalue weighted by Gasteiger charge is 2.29.